The molecule has 0 spiro atoms. The number of hydrogen-bond donors (Lipinski definition) is 2. The van der Waals surface area contributed by atoms with Crippen LogP contribution < -0.4 is 24.9 Å². The van der Waals surface area contributed by atoms with Gasteiger partial charge in [-0.25, -0.2) is 0 Å². The normalized spacial score (nSPS) is 14.5. The van der Waals surface area contributed by atoms with Crippen LogP contribution in [0.2, 0.25) is 5.04 Å². The molecule has 0 radical (unpaired) electrons. The number of ether oxygens (including phenoxy) is 1. The molecule has 0 bridgehead atoms. The van der Waals surface area contributed by atoms with Gasteiger partial charge in [-0.05, 0) is 107 Å². The molecule has 278 valence electrons. The summed E-state index contributed by atoms with van der Waals surface area (Å²) in [6, 6.07) is 39.9. The van der Waals surface area contributed by atoms with E-state index in [1.165, 1.54) is 20.8 Å². The number of nitrogens with one attached hydrogen (secondary N) is 1. The van der Waals surface area contributed by atoms with Gasteiger partial charge < -0.3 is 24.5 Å². The molecule has 2 N–H and O–H groups in total. The second-order valence-electron chi connectivity index (χ2n) is 14.8. The van der Waals surface area contributed by atoms with Crippen molar-refractivity contribution in [3.05, 3.63) is 137 Å². The van der Waals surface area contributed by atoms with E-state index in [-0.39, 0.29) is 17.6 Å². The third-order valence-corrected chi connectivity index (χ3v) is 17.2. The highest BCUT2D eigenvalue weighted by Crippen LogP contribution is 2.38. The molecule has 1 saturated heterocycles. The fourth-order valence-electron chi connectivity index (χ4n) is 7.02. The smallest absolute Gasteiger partial charge is 0.319 e. The van der Waals surface area contributed by atoms with E-state index in [9.17, 15) is 9.90 Å². The van der Waals surface area contributed by atoms with Crippen LogP contribution in [0.1, 0.15) is 54.4 Å². The topological polar surface area (TPSA) is 71.0 Å². The summed E-state index contributed by atoms with van der Waals surface area (Å²) in [6.45, 7) is 11.9. The first-order chi connectivity index (χ1) is 25.6. The van der Waals surface area contributed by atoms with Gasteiger partial charge in [-0.3, -0.25) is 4.79 Å². The number of aliphatic hydroxyl groups is 1. The Balaban J connectivity index is 0.920. The summed E-state index contributed by atoms with van der Waals surface area (Å²) in [6.07, 6.45) is 2.29. The Bertz CT molecular complexity index is 1830. The SMILES string of the molecule is Cc1ccsc1C(=O)N1CCC(Sc2ccc(CCNCC(O)COc3ccc(O[Si](c4ccccc4)(c4ccccc4)C(C)(C)C)cc3)cc2)CC1. The molecule has 6 nitrogen and oxygen atoms in total. The summed E-state index contributed by atoms with van der Waals surface area (Å²) >= 11 is 3.47. The van der Waals surface area contributed by atoms with Crippen LogP contribution in [-0.4, -0.2) is 68.4 Å². The monoisotopic (exact) mass is 764 g/mol. The predicted octanol–water partition coefficient (Wildman–Crippen LogP) is 7.96. The van der Waals surface area contributed by atoms with Gasteiger partial charge in [-0.15, -0.1) is 23.1 Å². The lowest BCUT2D eigenvalue weighted by atomic mass is 10.1. The Kier molecular flexibility index (Phi) is 13.2. The van der Waals surface area contributed by atoms with E-state index < -0.39 is 14.4 Å². The van der Waals surface area contributed by atoms with Crippen LogP contribution in [0.4, 0.5) is 0 Å². The lowest BCUT2D eigenvalue weighted by Crippen LogP contribution is -2.68. The van der Waals surface area contributed by atoms with Crippen molar-refractivity contribution < 1.29 is 19.1 Å². The molecular formula is C44H52N2O4S2Si. The van der Waals surface area contributed by atoms with Crippen molar-refractivity contribution in [2.24, 2.45) is 0 Å². The molecule has 1 amide bonds. The number of benzene rings is 4. The van der Waals surface area contributed by atoms with Gasteiger partial charge in [-0.1, -0.05) is 93.6 Å². The summed E-state index contributed by atoms with van der Waals surface area (Å²) < 4.78 is 13.1. The maximum atomic E-state index is 12.9. The molecule has 1 aliphatic heterocycles. The van der Waals surface area contributed by atoms with Crippen LogP contribution >= 0.6 is 23.1 Å². The van der Waals surface area contributed by atoms with E-state index in [2.05, 4.69) is 111 Å². The molecule has 4 aromatic carbocycles. The van der Waals surface area contributed by atoms with E-state index in [0.717, 1.165) is 55.1 Å². The molecular weight excluding hydrogens is 713 g/mol. The third kappa shape index (κ3) is 9.82. The molecule has 0 saturated carbocycles. The fourth-order valence-corrected chi connectivity index (χ4v) is 13.5. The molecule has 1 atom stereocenters. The molecule has 2 heterocycles. The number of nitrogens with zero attached hydrogens (tertiary/aromatic N) is 1. The van der Waals surface area contributed by atoms with Gasteiger partial charge in [0.1, 0.15) is 24.2 Å². The van der Waals surface area contributed by atoms with Crippen molar-refractivity contribution in [2.45, 2.75) is 68.2 Å². The minimum Gasteiger partial charge on any atom is -0.534 e. The zero-order chi connectivity index (χ0) is 37.3. The number of aliphatic hydroxyl groups excluding tert-OH is 1. The van der Waals surface area contributed by atoms with Gasteiger partial charge in [0, 0.05) is 29.8 Å². The average Bonchev–Trinajstić information content (AvgIpc) is 3.61. The Morgan fingerprint density at radius 3 is 2.06 bits per heavy atom. The first-order valence-corrected chi connectivity index (χ1v) is 22.3. The quantitative estimate of drug-likeness (QED) is 0.0834. The maximum absolute atomic E-state index is 12.9. The number of aryl methyl sites for hydroxylation is 1. The number of thioether (sulfide) groups is 1. The Morgan fingerprint density at radius 1 is 0.887 bits per heavy atom. The van der Waals surface area contributed by atoms with Gasteiger partial charge in [0.2, 0.25) is 0 Å². The van der Waals surface area contributed by atoms with Gasteiger partial charge in [0.15, 0.2) is 0 Å². The minimum absolute atomic E-state index is 0.128. The van der Waals surface area contributed by atoms with Crippen LogP contribution in [0, 0.1) is 6.92 Å². The number of thiophene rings is 1. The van der Waals surface area contributed by atoms with Crippen molar-refractivity contribution in [3.63, 3.8) is 0 Å². The largest absolute Gasteiger partial charge is 0.534 e. The molecule has 9 heteroatoms. The number of rotatable bonds is 15. The summed E-state index contributed by atoms with van der Waals surface area (Å²) in [5, 5.41) is 18.9. The van der Waals surface area contributed by atoms with Crippen LogP contribution in [0.25, 0.3) is 0 Å². The van der Waals surface area contributed by atoms with Gasteiger partial charge in [0.25, 0.3) is 5.91 Å². The van der Waals surface area contributed by atoms with Crippen LogP contribution in [-0.2, 0) is 6.42 Å². The highest BCUT2D eigenvalue weighted by Gasteiger charge is 2.52. The number of hydrogen-bond acceptors (Lipinski definition) is 7. The number of likely N-dealkylation sites (tertiary alicyclic amines) is 1. The lowest BCUT2D eigenvalue weighted by Gasteiger charge is -2.43. The summed E-state index contributed by atoms with van der Waals surface area (Å²) in [5.41, 5.74) is 2.34. The van der Waals surface area contributed by atoms with Crippen molar-refractivity contribution in [1.82, 2.24) is 10.2 Å². The van der Waals surface area contributed by atoms with E-state index >= 15 is 0 Å². The van der Waals surface area contributed by atoms with Crippen LogP contribution in [0.15, 0.2) is 126 Å². The summed E-state index contributed by atoms with van der Waals surface area (Å²) in [5.74, 6) is 1.69. The highest BCUT2D eigenvalue weighted by molar-refractivity contribution is 8.00. The van der Waals surface area contributed by atoms with Crippen LogP contribution in [0.5, 0.6) is 11.5 Å². The summed E-state index contributed by atoms with van der Waals surface area (Å²) in [4.78, 5) is 17.0. The molecule has 1 fully saturated rings. The highest BCUT2D eigenvalue weighted by atomic mass is 32.2. The van der Waals surface area contributed by atoms with Gasteiger partial charge in [-0.2, -0.15) is 0 Å². The van der Waals surface area contributed by atoms with Crippen molar-refractivity contribution in [2.75, 3.05) is 32.8 Å². The second kappa shape index (κ2) is 18.0. The van der Waals surface area contributed by atoms with E-state index in [1.807, 2.05) is 59.3 Å². The molecule has 1 aliphatic rings. The van der Waals surface area contributed by atoms with Crippen LogP contribution in [0.3, 0.4) is 0 Å². The predicted molar refractivity (Wildman–Crippen MR) is 223 cm³/mol. The minimum atomic E-state index is -2.71. The van der Waals surface area contributed by atoms with Gasteiger partial charge >= 0.3 is 8.32 Å². The standard InChI is InChI=1S/C44H52N2O4S2Si/c1-33-26-30-51-42(33)43(48)46-28-24-39(25-29-46)52-38-21-15-34(16-22-38)23-27-45-31-35(47)32-49-36-17-19-37(20-18-36)50-53(44(2,3)4,40-11-7-5-8-12-40)41-13-9-6-10-14-41/h5-22,26,30,35,39,45,47H,23-25,27-29,31-32H2,1-4H3. The first kappa shape index (κ1) is 38.8. The number of amides is 1. The fraction of sp³-hybridized carbons (Fsp3) is 0.341. The second-order valence-corrected chi connectivity index (χ2v) is 21.4. The Labute approximate surface area is 324 Å². The Hall–Kier alpha value is -3.86. The van der Waals surface area contributed by atoms with E-state index in [4.69, 9.17) is 9.16 Å². The van der Waals surface area contributed by atoms with E-state index in [0.29, 0.717) is 17.5 Å². The first-order valence-electron chi connectivity index (χ1n) is 18.6. The zero-order valence-electron chi connectivity index (χ0n) is 31.3. The summed E-state index contributed by atoms with van der Waals surface area (Å²) in [7, 11) is -2.71. The molecule has 6 rings (SSSR count). The average molecular weight is 765 g/mol. The molecule has 0 aliphatic carbocycles. The maximum Gasteiger partial charge on any atom is 0.319 e. The molecule has 1 unspecified atom stereocenters. The van der Waals surface area contributed by atoms with Crippen molar-refractivity contribution in [3.8, 4) is 11.5 Å². The van der Waals surface area contributed by atoms with Gasteiger partial charge in [0.05, 0.1) is 4.88 Å². The molecule has 5 aromatic rings. The lowest BCUT2D eigenvalue weighted by molar-refractivity contribution is 0.0731. The zero-order valence-corrected chi connectivity index (χ0v) is 33.9. The third-order valence-electron chi connectivity index (χ3n) is 9.94. The van der Waals surface area contributed by atoms with Crippen molar-refractivity contribution in [1.29, 1.82) is 0 Å². The van der Waals surface area contributed by atoms with Crippen molar-refractivity contribution >= 4 is 47.7 Å². The number of carbonyl (C=O) groups is 1. The van der Waals surface area contributed by atoms with E-state index in [1.54, 1.807) is 11.3 Å². The molecule has 53 heavy (non-hydrogen) atoms. The molecule has 1 aromatic heterocycles. The number of piperidine rings is 1. The number of carbonyl (C=O) groups excluding carboxylic acids is 1. The Morgan fingerprint density at radius 2 is 1.49 bits per heavy atom.